The van der Waals surface area contributed by atoms with Crippen LogP contribution in [0.25, 0.3) is 0 Å². The van der Waals surface area contributed by atoms with Crippen LogP contribution in [0.2, 0.25) is 0 Å². The van der Waals surface area contributed by atoms with Crippen molar-refractivity contribution in [3.63, 3.8) is 0 Å². The van der Waals surface area contributed by atoms with Crippen molar-refractivity contribution in [3.05, 3.63) is 48.0 Å². The lowest BCUT2D eigenvalue weighted by molar-refractivity contribution is 0.00578. The number of hydrogen-bond donors (Lipinski definition) is 0. The van der Waals surface area contributed by atoms with Gasteiger partial charge in [0.1, 0.15) is 0 Å². The van der Waals surface area contributed by atoms with Crippen LogP contribution in [-0.2, 0) is 9.31 Å². The van der Waals surface area contributed by atoms with Crippen LogP contribution in [-0.4, -0.2) is 18.3 Å². The van der Waals surface area contributed by atoms with E-state index in [-0.39, 0.29) is 18.3 Å². The zero-order chi connectivity index (χ0) is 13.2. The zero-order valence-electron chi connectivity index (χ0n) is 11.6. The first-order valence-electron chi connectivity index (χ1n) is 6.48. The van der Waals surface area contributed by atoms with Gasteiger partial charge in [0.05, 0.1) is 11.2 Å². The first-order valence-corrected chi connectivity index (χ1v) is 6.48. The van der Waals surface area contributed by atoms with Crippen molar-refractivity contribution < 1.29 is 9.31 Å². The molecule has 96 valence electrons. The number of rotatable bonds is 1. The molecule has 1 heterocycles. The van der Waals surface area contributed by atoms with E-state index in [1.807, 2.05) is 24.3 Å². The molecule has 0 aromatic carbocycles. The van der Waals surface area contributed by atoms with Crippen molar-refractivity contribution in [2.24, 2.45) is 0 Å². The van der Waals surface area contributed by atoms with Gasteiger partial charge in [-0.1, -0.05) is 42.5 Å². The van der Waals surface area contributed by atoms with Crippen LogP contribution in [0.5, 0.6) is 0 Å². The Morgan fingerprint density at radius 2 is 1.61 bits per heavy atom. The largest absolute Gasteiger partial charge is 0.494 e. The van der Waals surface area contributed by atoms with E-state index in [0.717, 1.165) is 11.9 Å². The molecule has 1 fully saturated rings. The smallest absolute Gasteiger partial charge is 0.399 e. The van der Waals surface area contributed by atoms with Gasteiger partial charge in [-0.05, 0) is 39.6 Å². The molecule has 0 aromatic heterocycles. The van der Waals surface area contributed by atoms with Gasteiger partial charge in [0.2, 0.25) is 0 Å². The molecule has 2 aliphatic rings. The summed E-state index contributed by atoms with van der Waals surface area (Å²) in [5, 5.41) is 0. The molecular weight excluding hydrogens is 223 g/mol. The number of allylic oxidation sites excluding steroid dienone is 8. The maximum absolute atomic E-state index is 6.04. The van der Waals surface area contributed by atoms with E-state index in [1.54, 1.807) is 0 Å². The summed E-state index contributed by atoms with van der Waals surface area (Å²) in [6, 6.07) is 0. The van der Waals surface area contributed by atoms with E-state index < -0.39 is 0 Å². The highest BCUT2D eigenvalue weighted by atomic mass is 16.7. The zero-order valence-corrected chi connectivity index (χ0v) is 11.6. The monoisotopic (exact) mass is 244 g/mol. The van der Waals surface area contributed by atoms with Gasteiger partial charge >= 0.3 is 7.12 Å². The van der Waals surface area contributed by atoms with Gasteiger partial charge in [-0.25, -0.2) is 0 Å². The molecule has 0 unspecified atom stereocenters. The van der Waals surface area contributed by atoms with Gasteiger partial charge in [0, 0.05) is 0 Å². The van der Waals surface area contributed by atoms with Gasteiger partial charge in [0.25, 0.3) is 0 Å². The van der Waals surface area contributed by atoms with Crippen LogP contribution in [0.4, 0.5) is 0 Å². The Balaban J connectivity index is 2.20. The van der Waals surface area contributed by atoms with Gasteiger partial charge in [-0.15, -0.1) is 0 Å². The Bertz CT molecular complexity index is 412. The van der Waals surface area contributed by atoms with E-state index in [0.29, 0.717) is 0 Å². The molecular formula is C15H21BO2. The van der Waals surface area contributed by atoms with E-state index in [2.05, 4.69) is 45.9 Å². The Morgan fingerprint density at radius 1 is 0.944 bits per heavy atom. The topological polar surface area (TPSA) is 18.5 Å². The van der Waals surface area contributed by atoms with Crippen molar-refractivity contribution in [1.29, 1.82) is 0 Å². The van der Waals surface area contributed by atoms with Crippen LogP contribution in [0, 0.1) is 0 Å². The van der Waals surface area contributed by atoms with Crippen molar-refractivity contribution in [3.8, 4) is 0 Å². The molecule has 0 spiro atoms. The predicted octanol–water partition coefficient (Wildman–Crippen LogP) is 3.62. The highest BCUT2D eigenvalue weighted by molar-refractivity contribution is 6.55. The standard InChI is InChI=1S/C15H21BO2/c1-14(2)15(3,4)18-16(17-14)13-11-9-7-5-6-8-10-12-13/h5-7,9-12H,8H2,1-4H3/b6-5-,9-7-,12-10?,13-11+. The van der Waals surface area contributed by atoms with Gasteiger partial charge in [0.15, 0.2) is 0 Å². The molecule has 1 aliphatic carbocycles. The molecule has 0 bridgehead atoms. The normalized spacial score (nSPS) is 32.0. The summed E-state index contributed by atoms with van der Waals surface area (Å²) in [4.78, 5) is 0. The first kappa shape index (κ1) is 13.4. The van der Waals surface area contributed by atoms with Gasteiger partial charge in [-0.2, -0.15) is 0 Å². The second-order valence-corrected chi connectivity index (χ2v) is 5.71. The molecule has 1 aliphatic heterocycles. The molecule has 0 N–H and O–H groups in total. The summed E-state index contributed by atoms with van der Waals surface area (Å²) >= 11 is 0. The summed E-state index contributed by atoms with van der Waals surface area (Å²) in [6.45, 7) is 8.29. The summed E-state index contributed by atoms with van der Waals surface area (Å²) in [7, 11) is -0.283. The predicted molar refractivity (Wildman–Crippen MR) is 76.2 cm³/mol. The van der Waals surface area contributed by atoms with E-state index in [1.165, 1.54) is 0 Å². The third kappa shape index (κ3) is 2.68. The SMILES string of the molecule is CC1(C)OB(/C2=C/C=C\C=C/CC=C2)OC1(C)C. The summed E-state index contributed by atoms with van der Waals surface area (Å²) in [6.07, 6.45) is 15.4. The molecule has 1 saturated heterocycles. The minimum atomic E-state index is -0.285. The molecule has 2 nitrogen and oxygen atoms in total. The Labute approximate surface area is 110 Å². The van der Waals surface area contributed by atoms with E-state index in [4.69, 9.17) is 9.31 Å². The second kappa shape index (κ2) is 4.91. The van der Waals surface area contributed by atoms with Crippen molar-refractivity contribution >= 4 is 7.12 Å². The third-order valence-corrected chi connectivity index (χ3v) is 3.75. The fraction of sp³-hybridized carbons (Fsp3) is 0.467. The lowest BCUT2D eigenvalue weighted by atomic mass is 9.77. The van der Waals surface area contributed by atoms with Crippen molar-refractivity contribution in [2.45, 2.75) is 45.3 Å². The summed E-state index contributed by atoms with van der Waals surface area (Å²) < 4.78 is 12.1. The highest BCUT2D eigenvalue weighted by Crippen LogP contribution is 2.38. The van der Waals surface area contributed by atoms with Gasteiger partial charge < -0.3 is 9.31 Å². The van der Waals surface area contributed by atoms with Crippen LogP contribution >= 0.6 is 0 Å². The molecule has 0 radical (unpaired) electrons. The molecule has 0 amide bonds. The second-order valence-electron chi connectivity index (χ2n) is 5.71. The van der Waals surface area contributed by atoms with Crippen LogP contribution < -0.4 is 0 Å². The van der Waals surface area contributed by atoms with E-state index in [9.17, 15) is 0 Å². The Morgan fingerprint density at radius 3 is 2.28 bits per heavy atom. The minimum Gasteiger partial charge on any atom is -0.399 e. The molecule has 0 atom stereocenters. The molecule has 0 saturated carbocycles. The van der Waals surface area contributed by atoms with Crippen molar-refractivity contribution in [1.82, 2.24) is 0 Å². The van der Waals surface area contributed by atoms with Crippen LogP contribution in [0.15, 0.2) is 48.0 Å². The highest BCUT2D eigenvalue weighted by Gasteiger charge is 2.51. The van der Waals surface area contributed by atoms with Gasteiger partial charge in [-0.3, -0.25) is 0 Å². The maximum Gasteiger partial charge on any atom is 0.494 e. The van der Waals surface area contributed by atoms with E-state index >= 15 is 0 Å². The Kier molecular flexibility index (Phi) is 3.65. The minimum absolute atomic E-state index is 0.283. The maximum atomic E-state index is 6.04. The summed E-state index contributed by atoms with van der Waals surface area (Å²) in [5.74, 6) is 0. The Hall–Kier alpha value is -1.06. The molecule has 0 aromatic rings. The average Bonchev–Trinajstić information content (AvgIpc) is 2.56. The lowest BCUT2D eigenvalue weighted by Gasteiger charge is -2.32. The molecule has 18 heavy (non-hydrogen) atoms. The fourth-order valence-corrected chi connectivity index (χ4v) is 1.86. The van der Waals surface area contributed by atoms with Crippen molar-refractivity contribution in [2.75, 3.05) is 0 Å². The first-order chi connectivity index (χ1) is 8.42. The quantitative estimate of drug-likeness (QED) is 0.656. The fourth-order valence-electron chi connectivity index (χ4n) is 1.86. The number of hydrogen-bond acceptors (Lipinski definition) is 2. The third-order valence-electron chi connectivity index (χ3n) is 3.75. The molecule has 2 rings (SSSR count). The van der Waals surface area contributed by atoms with Crippen LogP contribution in [0.3, 0.4) is 0 Å². The summed E-state index contributed by atoms with van der Waals surface area (Å²) in [5.41, 5.74) is 0.494. The lowest BCUT2D eigenvalue weighted by Crippen LogP contribution is -2.41. The van der Waals surface area contributed by atoms with Crippen LogP contribution in [0.1, 0.15) is 34.1 Å². The molecule has 3 heteroatoms. The average molecular weight is 244 g/mol.